The highest BCUT2D eigenvalue weighted by Gasteiger charge is 2.25. The summed E-state index contributed by atoms with van der Waals surface area (Å²) < 4.78 is 5.20. The highest BCUT2D eigenvalue weighted by Crippen LogP contribution is 2.12. The second-order valence-corrected chi connectivity index (χ2v) is 3.77. The van der Waals surface area contributed by atoms with E-state index in [4.69, 9.17) is 10.5 Å². The third-order valence-electron chi connectivity index (χ3n) is 2.64. The van der Waals surface area contributed by atoms with Crippen molar-refractivity contribution < 1.29 is 4.74 Å². The third-order valence-corrected chi connectivity index (χ3v) is 2.64. The van der Waals surface area contributed by atoms with E-state index < -0.39 is 0 Å². The van der Waals surface area contributed by atoms with Gasteiger partial charge in [0.15, 0.2) is 0 Å². The number of pyridine rings is 1. The highest BCUT2D eigenvalue weighted by molar-refractivity contribution is 5.03. The van der Waals surface area contributed by atoms with E-state index in [0.29, 0.717) is 12.6 Å². The molecule has 2 heterocycles. The standard InChI is InChI=1S/C11H17N3O/c12-4-6-14(11-8-15-9-11)7-10-3-1-2-5-13-10/h1-3,5,11H,4,6-9,12H2. The molecule has 1 saturated heterocycles. The van der Waals surface area contributed by atoms with Gasteiger partial charge in [-0.1, -0.05) is 6.07 Å². The van der Waals surface area contributed by atoms with Crippen molar-refractivity contribution >= 4 is 0 Å². The molecule has 15 heavy (non-hydrogen) atoms. The van der Waals surface area contributed by atoms with Gasteiger partial charge in [-0.15, -0.1) is 0 Å². The average Bonchev–Trinajstić information content (AvgIpc) is 2.17. The fraction of sp³-hybridized carbons (Fsp3) is 0.545. The molecule has 1 aromatic heterocycles. The molecule has 0 unspecified atom stereocenters. The van der Waals surface area contributed by atoms with E-state index in [-0.39, 0.29) is 0 Å². The smallest absolute Gasteiger partial charge is 0.0645 e. The van der Waals surface area contributed by atoms with Crippen LogP contribution in [0.3, 0.4) is 0 Å². The van der Waals surface area contributed by atoms with Gasteiger partial charge in [-0.3, -0.25) is 9.88 Å². The molecule has 1 aromatic rings. The summed E-state index contributed by atoms with van der Waals surface area (Å²) >= 11 is 0. The Balaban J connectivity index is 1.93. The predicted octanol–water partition coefficient (Wildman–Crippen LogP) is 0.241. The molecule has 0 saturated carbocycles. The van der Waals surface area contributed by atoms with Gasteiger partial charge in [0.2, 0.25) is 0 Å². The van der Waals surface area contributed by atoms with Crippen molar-refractivity contribution in [3.05, 3.63) is 30.1 Å². The molecule has 2 N–H and O–H groups in total. The summed E-state index contributed by atoms with van der Waals surface area (Å²) in [6.45, 7) is 4.11. The molecule has 1 aliphatic rings. The lowest BCUT2D eigenvalue weighted by Gasteiger charge is -2.36. The van der Waals surface area contributed by atoms with Gasteiger partial charge in [0.05, 0.1) is 24.9 Å². The van der Waals surface area contributed by atoms with Gasteiger partial charge in [-0.2, -0.15) is 0 Å². The topological polar surface area (TPSA) is 51.4 Å². The monoisotopic (exact) mass is 207 g/mol. The first-order valence-electron chi connectivity index (χ1n) is 5.32. The second-order valence-electron chi connectivity index (χ2n) is 3.77. The molecule has 0 radical (unpaired) electrons. The van der Waals surface area contributed by atoms with Crippen LogP contribution in [0.4, 0.5) is 0 Å². The van der Waals surface area contributed by atoms with Gasteiger partial charge in [0.25, 0.3) is 0 Å². The molecule has 0 atom stereocenters. The minimum atomic E-state index is 0.524. The van der Waals surface area contributed by atoms with Crippen molar-refractivity contribution in [2.45, 2.75) is 12.6 Å². The lowest BCUT2D eigenvalue weighted by Crippen LogP contribution is -2.50. The molecular formula is C11H17N3O. The zero-order valence-electron chi connectivity index (χ0n) is 8.80. The number of hydrogen-bond donors (Lipinski definition) is 1. The Morgan fingerprint density at radius 1 is 1.47 bits per heavy atom. The van der Waals surface area contributed by atoms with Crippen LogP contribution in [-0.2, 0) is 11.3 Å². The van der Waals surface area contributed by atoms with Crippen LogP contribution in [0.25, 0.3) is 0 Å². The largest absolute Gasteiger partial charge is 0.378 e. The van der Waals surface area contributed by atoms with Gasteiger partial charge >= 0.3 is 0 Å². The Morgan fingerprint density at radius 2 is 2.33 bits per heavy atom. The lowest BCUT2D eigenvalue weighted by atomic mass is 10.2. The van der Waals surface area contributed by atoms with E-state index in [2.05, 4.69) is 9.88 Å². The summed E-state index contributed by atoms with van der Waals surface area (Å²) in [5.41, 5.74) is 6.69. The summed E-state index contributed by atoms with van der Waals surface area (Å²) in [6, 6.07) is 6.52. The van der Waals surface area contributed by atoms with Crippen LogP contribution in [0, 0.1) is 0 Å². The summed E-state index contributed by atoms with van der Waals surface area (Å²) in [5.74, 6) is 0. The van der Waals surface area contributed by atoms with Crippen LogP contribution in [-0.4, -0.2) is 42.2 Å². The Bertz CT molecular complexity index is 287. The van der Waals surface area contributed by atoms with Crippen LogP contribution < -0.4 is 5.73 Å². The van der Waals surface area contributed by atoms with Crippen molar-refractivity contribution in [3.63, 3.8) is 0 Å². The van der Waals surface area contributed by atoms with Crippen molar-refractivity contribution in [1.29, 1.82) is 0 Å². The van der Waals surface area contributed by atoms with E-state index in [1.54, 1.807) is 0 Å². The van der Waals surface area contributed by atoms with Crippen LogP contribution >= 0.6 is 0 Å². The van der Waals surface area contributed by atoms with Crippen LogP contribution in [0.15, 0.2) is 24.4 Å². The quantitative estimate of drug-likeness (QED) is 0.751. The molecule has 0 bridgehead atoms. The van der Waals surface area contributed by atoms with E-state index in [0.717, 1.165) is 32.0 Å². The van der Waals surface area contributed by atoms with Gasteiger partial charge < -0.3 is 10.5 Å². The minimum absolute atomic E-state index is 0.524. The van der Waals surface area contributed by atoms with Crippen molar-refractivity contribution in [3.8, 4) is 0 Å². The normalized spacial score (nSPS) is 16.7. The number of nitrogens with zero attached hydrogens (tertiary/aromatic N) is 2. The molecule has 1 fully saturated rings. The van der Waals surface area contributed by atoms with E-state index >= 15 is 0 Å². The summed E-state index contributed by atoms with van der Waals surface area (Å²) in [6.07, 6.45) is 1.83. The van der Waals surface area contributed by atoms with E-state index in [9.17, 15) is 0 Å². The maximum Gasteiger partial charge on any atom is 0.0645 e. The molecule has 1 aliphatic heterocycles. The van der Waals surface area contributed by atoms with E-state index in [1.807, 2.05) is 24.4 Å². The molecule has 82 valence electrons. The third kappa shape index (κ3) is 2.75. The van der Waals surface area contributed by atoms with Gasteiger partial charge in [-0.25, -0.2) is 0 Å². The zero-order chi connectivity index (χ0) is 10.5. The highest BCUT2D eigenvalue weighted by atomic mass is 16.5. The van der Waals surface area contributed by atoms with Crippen LogP contribution in [0.1, 0.15) is 5.69 Å². The first kappa shape index (κ1) is 10.5. The SMILES string of the molecule is NCCN(Cc1ccccn1)C1COC1. The molecule has 2 rings (SSSR count). The van der Waals surface area contributed by atoms with Gasteiger partial charge in [-0.05, 0) is 12.1 Å². The molecule has 0 aliphatic carbocycles. The fourth-order valence-corrected chi connectivity index (χ4v) is 1.69. The van der Waals surface area contributed by atoms with Gasteiger partial charge in [0, 0.05) is 25.8 Å². The second kappa shape index (κ2) is 5.21. The number of hydrogen-bond acceptors (Lipinski definition) is 4. The zero-order valence-corrected chi connectivity index (χ0v) is 8.80. The molecule has 0 aromatic carbocycles. The minimum Gasteiger partial charge on any atom is -0.378 e. The molecular weight excluding hydrogens is 190 g/mol. The lowest BCUT2D eigenvalue weighted by molar-refractivity contribution is -0.0672. The maximum absolute atomic E-state index is 5.60. The summed E-state index contributed by atoms with van der Waals surface area (Å²) in [4.78, 5) is 6.66. The Labute approximate surface area is 90.0 Å². The fourth-order valence-electron chi connectivity index (χ4n) is 1.69. The number of ether oxygens (including phenoxy) is 1. The number of nitrogens with two attached hydrogens (primary N) is 1. The molecule has 0 spiro atoms. The maximum atomic E-state index is 5.60. The Morgan fingerprint density at radius 3 is 2.87 bits per heavy atom. The predicted molar refractivity (Wildman–Crippen MR) is 58.3 cm³/mol. The molecule has 0 amide bonds. The Kier molecular flexibility index (Phi) is 3.66. The Hall–Kier alpha value is -0.970. The molecule has 4 nitrogen and oxygen atoms in total. The van der Waals surface area contributed by atoms with Crippen LogP contribution in [0.2, 0.25) is 0 Å². The van der Waals surface area contributed by atoms with Crippen molar-refractivity contribution in [1.82, 2.24) is 9.88 Å². The molecule has 4 heteroatoms. The number of rotatable bonds is 5. The van der Waals surface area contributed by atoms with Crippen molar-refractivity contribution in [2.75, 3.05) is 26.3 Å². The van der Waals surface area contributed by atoms with Crippen molar-refractivity contribution in [2.24, 2.45) is 5.73 Å². The van der Waals surface area contributed by atoms with E-state index in [1.165, 1.54) is 0 Å². The summed E-state index contributed by atoms with van der Waals surface area (Å²) in [5, 5.41) is 0. The average molecular weight is 207 g/mol. The summed E-state index contributed by atoms with van der Waals surface area (Å²) in [7, 11) is 0. The van der Waals surface area contributed by atoms with Gasteiger partial charge in [0.1, 0.15) is 0 Å². The number of aromatic nitrogens is 1. The first-order chi connectivity index (χ1) is 7.40. The van der Waals surface area contributed by atoms with Crippen LogP contribution in [0.5, 0.6) is 0 Å². The first-order valence-corrected chi connectivity index (χ1v) is 5.32.